The number of nitrogens with zero attached hydrogens (tertiary/aromatic N) is 1. The summed E-state index contributed by atoms with van der Waals surface area (Å²) in [5.41, 5.74) is 10.9. The summed E-state index contributed by atoms with van der Waals surface area (Å²) in [7, 11) is 0. The molecule has 0 saturated carbocycles. The average Bonchev–Trinajstić information content (AvgIpc) is 3.63. The van der Waals surface area contributed by atoms with E-state index in [1.165, 1.54) is 98.4 Å². The van der Waals surface area contributed by atoms with Gasteiger partial charge in [-0.1, -0.05) is 153 Å². The number of hydrogen-bond acceptors (Lipinski definition) is 0. The van der Waals surface area contributed by atoms with Gasteiger partial charge in [-0.25, -0.2) is 0 Å². The Morgan fingerprint density at radius 2 is 1.20 bits per heavy atom. The van der Waals surface area contributed by atoms with E-state index < -0.39 is 0 Å². The van der Waals surface area contributed by atoms with E-state index in [9.17, 15) is 0 Å². The highest BCUT2D eigenvalue weighted by Gasteiger charge is 2.44. The van der Waals surface area contributed by atoms with E-state index >= 15 is 0 Å². The van der Waals surface area contributed by atoms with E-state index in [0.29, 0.717) is 5.92 Å². The third-order valence-corrected chi connectivity index (χ3v) is 12.1. The predicted molar refractivity (Wildman–Crippen MR) is 215 cm³/mol. The number of para-hydroxylation sites is 1. The lowest BCUT2D eigenvalue weighted by Gasteiger charge is -2.32. The van der Waals surface area contributed by atoms with Gasteiger partial charge < -0.3 is 4.57 Å². The van der Waals surface area contributed by atoms with Gasteiger partial charge in [-0.2, -0.15) is 0 Å². The minimum absolute atomic E-state index is 0.0228. The number of benzene rings is 8. The monoisotopic (exact) mass is 637 g/mol. The van der Waals surface area contributed by atoms with Crippen molar-refractivity contribution in [2.75, 3.05) is 0 Å². The van der Waals surface area contributed by atoms with E-state index in [-0.39, 0.29) is 5.41 Å². The molecule has 11 rings (SSSR count). The summed E-state index contributed by atoms with van der Waals surface area (Å²) >= 11 is 0. The molecule has 1 aromatic heterocycles. The van der Waals surface area contributed by atoms with Crippen molar-refractivity contribution in [1.29, 1.82) is 0 Å². The quantitative estimate of drug-likeness (QED) is 0.166. The Morgan fingerprint density at radius 3 is 2.04 bits per heavy atom. The maximum Gasteiger partial charge on any atom is 0.0622 e. The minimum Gasteiger partial charge on any atom is -0.312 e. The Morgan fingerprint density at radius 1 is 0.520 bits per heavy atom. The van der Waals surface area contributed by atoms with Crippen molar-refractivity contribution in [3.05, 3.63) is 169 Å². The van der Waals surface area contributed by atoms with Crippen LogP contribution in [0.3, 0.4) is 0 Å². The topological polar surface area (TPSA) is 4.93 Å². The lowest BCUT2D eigenvalue weighted by molar-refractivity contribution is 0.415. The molecule has 1 heterocycles. The van der Waals surface area contributed by atoms with Crippen LogP contribution in [0.25, 0.3) is 87.3 Å². The molecule has 9 aromatic rings. The standard InChI is InChI=1S/C49H35N/c1-49(2)43-28-32(35-20-11-14-30-12-3-5-15-34(30)35)23-25-38(43)39-27-24-33(29-44(39)49)50-45-21-10-9-19-42(45)47-46-36-16-6-4-13-31(36)22-26-40(46)37-17-7-8-18-41(37)48(47)50/h3-28,44H,29H2,1-2H3. The molecule has 1 heteroatoms. The molecule has 1 nitrogen and oxygen atoms in total. The highest BCUT2D eigenvalue weighted by Crippen LogP contribution is 2.56. The Labute approximate surface area is 291 Å². The van der Waals surface area contributed by atoms with Crippen LogP contribution in [0.2, 0.25) is 0 Å². The van der Waals surface area contributed by atoms with Crippen LogP contribution in [0.4, 0.5) is 0 Å². The first kappa shape index (κ1) is 28.0. The summed E-state index contributed by atoms with van der Waals surface area (Å²) in [6.07, 6.45) is 5.84. The molecule has 236 valence electrons. The molecule has 1 unspecified atom stereocenters. The van der Waals surface area contributed by atoms with Crippen LogP contribution in [0.15, 0.2) is 158 Å². The first-order chi connectivity index (χ1) is 24.6. The summed E-state index contributed by atoms with van der Waals surface area (Å²) in [5.74, 6) is 0.379. The third kappa shape index (κ3) is 3.67. The van der Waals surface area contributed by atoms with E-state index in [0.717, 1.165) is 6.42 Å². The molecule has 8 aromatic carbocycles. The van der Waals surface area contributed by atoms with Crippen molar-refractivity contribution in [2.45, 2.75) is 25.7 Å². The fourth-order valence-corrected chi connectivity index (χ4v) is 9.67. The maximum atomic E-state index is 2.61. The summed E-state index contributed by atoms with van der Waals surface area (Å²) in [6.45, 7) is 4.93. The van der Waals surface area contributed by atoms with Crippen molar-refractivity contribution < 1.29 is 0 Å². The van der Waals surface area contributed by atoms with Gasteiger partial charge in [-0.05, 0) is 96.1 Å². The van der Waals surface area contributed by atoms with Crippen molar-refractivity contribution >= 4 is 76.2 Å². The number of hydrogen-bond donors (Lipinski definition) is 0. The molecule has 0 N–H and O–H groups in total. The zero-order chi connectivity index (χ0) is 33.1. The van der Waals surface area contributed by atoms with E-state index in [1.54, 1.807) is 0 Å². The first-order valence-corrected chi connectivity index (χ1v) is 17.9. The summed E-state index contributed by atoms with van der Waals surface area (Å²) < 4.78 is 2.61. The van der Waals surface area contributed by atoms with Crippen LogP contribution < -0.4 is 0 Å². The van der Waals surface area contributed by atoms with Gasteiger partial charge in [0.2, 0.25) is 0 Å². The van der Waals surface area contributed by atoms with Gasteiger partial charge in [0.25, 0.3) is 0 Å². The van der Waals surface area contributed by atoms with Gasteiger partial charge in [0.05, 0.1) is 11.0 Å². The number of fused-ring (bicyclic) bond motifs is 14. The summed E-state index contributed by atoms with van der Waals surface area (Å²) in [5, 5.41) is 13.2. The maximum absolute atomic E-state index is 2.61. The smallest absolute Gasteiger partial charge is 0.0622 e. The van der Waals surface area contributed by atoms with Crippen molar-refractivity contribution in [2.24, 2.45) is 5.92 Å². The minimum atomic E-state index is -0.0228. The Kier molecular flexibility index (Phi) is 5.63. The molecule has 0 amide bonds. The van der Waals surface area contributed by atoms with Gasteiger partial charge in [0.15, 0.2) is 0 Å². The highest BCUT2D eigenvalue weighted by molar-refractivity contribution is 6.37. The lowest BCUT2D eigenvalue weighted by Crippen LogP contribution is -2.25. The van der Waals surface area contributed by atoms with Crippen LogP contribution in [-0.4, -0.2) is 4.57 Å². The van der Waals surface area contributed by atoms with Crippen molar-refractivity contribution in [3.63, 3.8) is 0 Å². The molecule has 2 aliphatic rings. The van der Waals surface area contributed by atoms with Gasteiger partial charge >= 0.3 is 0 Å². The largest absolute Gasteiger partial charge is 0.312 e. The molecule has 0 radical (unpaired) electrons. The molecular formula is C49H35N. The zero-order valence-corrected chi connectivity index (χ0v) is 28.2. The normalized spacial score (nSPS) is 16.7. The number of rotatable bonds is 2. The van der Waals surface area contributed by atoms with E-state index in [4.69, 9.17) is 0 Å². The summed E-state index contributed by atoms with van der Waals surface area (Å²) in [6, 6.07) is 54.3. The highest BCUT2D eigenvalue weighted by atomic mass is 15.0. The number of aromatic nitrogens is 1. The van der Waals surface area contributed by atoms with Crippen LogP contribution in [0.1, 0.15) is 31.4 Å². The summed E-state index contributed by atoms with van der Waals surface area (Å²) in [4.78, 5) is 0. The molecule has 0 spiro atoms. The predicted octanol–water partition coefficient (Wildman–Crippen LogP) is 13.3. The Balaban J connectivity index is 1.15. The van der Waals surface area contributed by atoms with Gasteiger partial charge in [0, 0.05) is 27.2 Å². The fourth-order valence-electron chi connectivity index (χ4n) is 9.67. The molecule has 0 bridgehead atoms. The molecule has 0 saturated heterocycles. The zero-order valence-electron chi connectivity index (χ0n) is 28.2. The van der Waals surface area contributed by atoms with E-state index in [2.05, 4.69) is 176 Å². The van der Waals surface area contributed by atoms with Gasteiger partial charge in [0.1, 0.15) is 0 Å². The first-order valence-electron chi connectivity index (χ1n) is 17.9. The second-order valence-electron chi connectivity index (χ2n) is 14.9. The van der Waals surface area contributed by atoms with Crippen LogP contribution in [0, 0.1) is 5.92 Å². The molecule has 50 heavy (non-hydrogen) atoms. The molecular weight excluding hydrogens is 603 g/mol. The Hall–Kier alpha value is -5.92. The number of allylic oxidation sites excluding steroid dienone is 4. The Bertz CT molecular complexity index is 2980. The van der Waals surface area contributed by atoms with Gasteiger partial charge in [-0.15, -0.1) is 0 Å². The average molecular weight is 638 g/mol. The van der Waals surface area contributed by atoms with Crippen molar-refractivity contribution in [1.82, 2.24) is 4.57 Å². The second kappa shape index (κ2) is 10.1. The van der Waals surface area contributed by atoms with Crippen molar-refractivity contribution in [3.8, 4) is 11.1 Å². The van der Waals surface area contributed by atoms with E-state index in [1.807, 2.05) is 0 Å². The van der Waals surface area contributed by atoms with Crippen LogP contribution in [0.5, 0.6) is 0 Å². The van der Waals surface area contributed by atoms with Crippen LogP contribution in [-0.2, 0) is 5.41 Å². The molecule has 1 atom stereocenters. The van der Waals surface area contributed by atoms with Crippen LogP contribution >= 0.6 is 0 Å². The molecule has 0 aliphatic heterocycles. The third-order valence-electron chi connectivity index (χ3n) is 12.1. The second-order valence-corrected chi connectivity index (χ2v) is 14.9. The molecule has 2 aliphatic carbocycles. The lowest BCUT2D eigenvalue weighted by atomic mass is 9.73. The molecule has 0 fully saturated rings. The SMILES string of the molecule is CC1(C)c2cc(-c3cccc4ccccc34)ccc2C2=CC=C(n3c4ccccc4c4c5c6ccccc6ccc5c5ccccc5c43)CC21. The fraction of sp³-hybridized carbons (Fsp3) is 0.102. The van der Waals surface area contributed by atoms with Gasteiger partial charge in [-0.3, -0.25) is 0 Å².